The number of carboxylic acid groups (broad SMARTS) is 1. The molecule has 2 amide bonds. The van der Waals surface area contributed by atoms with Gasteiger partial charge in [0.2, 0.25) is 0 Å². The number of nitrogens with one attached hydrogen (secondary N) is 1. The van der Waals surface area contributed by atoms with Crippen molar-refractivity contribution in [2.45, 2.75) is 39.0 Å². The van der Waals surface area contributed by atoms with Gasteiger partial charge in [0.25, 0.3) is 0 Å². The number of esters is 1. The molecule has 0 spiro atoms. The van der Waals surface area contributed by atoms with E-state index in [1.54, 1.807) is 12.1 Å². The Balaban J connectivity index is 1.61. The van der Waals surface area contributed by atoms with Crippen LogP contribution in [0.15, 0.2) is 84.9 Å². The second kappa shape index (κ2) is 13.9. The third kappa shape index (κ3) is 8.74. The van der Waals surface area contributed by atoms with Gasteiger partial charge in [0.1, 0.15) is 12.6 Å². The molecule has 0 heterocycles. The zero-order valence-corrected chi connectivity index (χ0v) is 21.6. The summed E-state index contributed by atoms with van der Waals surface area (Å²) in [6, 6.07) is 24.5. The van der Waals surface area contributed by atoms with Gasteiger partial charge in [-0.15, -0.1) is 0 Å². The molecule has 0 aliphatic heterocycles. The fourth-order valence-corrected chi connectivity index (χ4v) is 3.93. The second-order valence-electron chi connectivity index (χ2n) is 9.52. The van der Waals surface area contributed by atoms with E-state index in [1.165, 1.54) is 4.90 Å². The van der Waals surface area contributed by atoms with E-state index in [2.05, 4.69) is 5.32 Å². The molecule has 3 N–H and O–H groups in total. The molecule has 200 valence electrons. The summed E-state index contributed by atoms with van der Waals surface area (Å²) < 4.78 is 5.17. The molecule has 0 unspecified atom stereocenters. The lowest BCUT2D eigenvalue weighted by atomic mass is 10.0. The molecule has 0 aromatic heterocycles. The number of benzene rings is 3. The maximum absolute atomic E-state index is 13.0. The number of aliphatic carboxylic acids is 1. The lowest BCUT2D eigenvalue weighted by molar-refractivity contribution is -0.155. The van der Waals surface area contributed by atoms with Gasteiger partial charge in [0, 0.05) is 13.0 Å². The van der Waals surface area contributed by atoms with Crippen molar-refractivity contribution in [3.8, 4) is 11.1 Å². The number of carbonyl (C=O) groups excluding carboxylic acids is 2. The number of carboxylic acids is 1. The summed E-state index contributed by atoms with van der Waals surface area (Å²) in [5.74, 6) is -2.02. The number of aliphatic hydroxyl groups is 1. The van der Waals surface area contributed by atoms with E-state index in [0.29, 0.717) is 0 Å². The standard InChI is InChI=1S/C30H34N2O6/c1-21(2)18-32(19-27(33)29(36)38-20-23-9-5-3-6-10-23)30(37)31-26(28(34)35)17-22-13-15-25(16-14-22)24-11-7-4-8-12-24/h3-16,21,26-27,33H,17-20H2,1-2H3,(H,31,37)(H,34,35)/t26-,27+/m1/s1. The fourth-order valence-electron chi connectivity index (χ4n) is 3.93. The largest absolute Gasteiger partial charge is 0.480 e. The first-order chi connectivity index (χ1) is 18.2. The topological polar surface area (TPSA) is 116 Å². The number of aliphatic hydroxyl groups excluding tert-OH is 1. The minimum Gasteiger partial charge on any atom is -0.480 e. The molecule has 8 heteroatoms. The lowest BCUT2D eigenvalue weighted by Gasteiger charge is -2.28. The van der Waals surface area contributed by atoms with Gasteiger partial charge in [0.15, 0.2) is 6.10 Å². The van der Waals surface area contributed by atoms with Gasteiger partial charge in [-0.05, 0) is 28.2 Å². The molecule has 3 rings (SSSR count). The van der Waals surface area contributed by atoms with E-state index in [9.17, 15) is 24.6 Å². The number of carbonyl (C=O) groups is 3. The van der Waals surface area contributed by atoms with Gasteiger partial charge in [-0.3, -0.25) is 0 Å². The average molecular weight is 519 g/mol. The minimum atomic E-state index is -1.57. The van der Waals surface area contributed by atoms with Crippen LogP contribution < -0.4 is 5.32 Å². The third-order valence-electron chi connectivity index (χ3n) is 5.86. The molecule has 0 saturated heterocycles. The van der Waals surface area contributed by atoms with Gasteiger partial charge < -0.3 is 25.2 Å². The quantitative estimate of drug-likeness (QED) is 0.311. The molecule has 8 nitrogen and oxygen atoms in total. The highest BCUT2D eigenvalue weighted by Gasteiger charge is 2.28. The number of hydrogen-bond donors (Lipinski definition) is 3. The fraction of sp³-hybridized carbons (Fsp3) is 0.300. The zero-order valence-electron chi connectivity index (χ0n) is 21.6. The summed E-state index contributed by atoms with van der Waals surface area (Å²) in [4.78, 5) is 38.6. The number of nitrogens with zero attached hydrogens (tertiary/aromatic N) is 1. The third-order valence-corrected chi connectivity index (χ3v) is 5.86. The normalized spacial score (nSPS) is 12.4. The summed E-state index contributed by atoms with van der Waals surface area (Å²) in [5, 5.41) is 22.7. The smallest absolute Gasteiger partial charge is 0.337 e. The molecule has 0 bridgehead atoms. The highest BCUT2D eigenvalue weighted by atomic mass is 16.5. The Hall–Kier alpha value is -4.17. The Kier molecular flexibility index (Phi) is 10.4. The van der Waals surface area contributed by atoms with Crippen molar-refractivity contribution in [2.75, 3.05) is 13.1 Å². The van der Waals surface area contributed by atoms with Crippen molar-refractivity contribution in [1.82, 2.24) is 10.2 Å². The van der Waals surface area contributed by atoms with E-state index in [1.807, 2.05) is 86.6 Å². The van der Waals surface area contributed by atoms with E-state index in [-0.39, 0.29) is 32.0 Å². The van der Waals surface area contributed by atoms with Crippen LogP contribution in [-0.2, 0) is 27.4 Å². The first-order valence-electron chi connectivity index (χ1n) is 12.5. The summed E-state index contributed by atoms with van der Waals surface area (Å²) in [6.45, 7) is 3.65. The van der Waals surface area contributed by atoms with E-state index >= 15 is 0 Å². The van der Waals surface area contributed by atoms with Crippen molar-refractivity contribution < 1.29 is 29.3 Å². The Morgan fingerprint density at radius 1 is 0.816 bits per heavy atom. The number of amides is 2. The molecule has 38 heavy (non-hydrogen) atoms. The summed E-state index contributed by atoms with van der Waals surface area (Å²) in [6.07, 6.45) is -1.50. The highest BCUT2D eigenvalue weighted by Crippen LogP contribution is 2.20. The highest BCUT2D eigenvalue weighted by molar-refractivity contribution is 5.83. The molecule has 0 aliphatic rings. The maximum atomic E-state index is 13.0. The van der Waals surface area contributed by atoms with Gasteiger partial charge in [0.05, 0.1) is 6.54 Å². The number of ether oxygens (including phenoxy) is 1. The van der Waals surface area contributed by atoms with Gasteiger partial charge >= 0.3 is 18.0 Å². The molecule has 0 radical (unpaired) electrons. The minimum absolute atomic E-state index is 0.00272. The average Bonchev–Trinajstić information content (AvgIpc) is 2.92. The number of hydrogen-bond acceptors (Lipinski definition) is 5. The maximum Gasteiger partial charge on any atom is 0.337 e. The van der Waals surface area contributed by atoms with Crippen molar-refractivity contribution in [1.29, 1.82) is 0 Å². The molecule has 0 fully saturated rings. The summed E-state index contributed by atoms with van der Waals surface area (Å²) in [7, 11) is 0. The predicted octanol–water partition coefficient (Wildman–Crippen LogP) is 4.12. The Labute approximate surface area is 222 Å². The van der Waals surface area contributed by atoms with E-state index in [0.717, 1.165) is 22.3 Å². The first-order valence-corrected chi connectivity index (χ1v) is 12.5. The molecular formula is C30H34N2O6. The first kappa shape index (κ1) is 28.4. The Morgan fingerprint density at radius 3 is 1.97 bits per heavy atom. The van der Waals surface area contributed by atoms with Crippen LogP contribution in [0, 0.1) is 5.92 Å². The monoisotopic (exact) mass is 518 g/mol. The van der Waals surface area contributed by atoms with Crippen molar-refractivity contribution >= 4 is 18.0 Å². The Morgan fingerprint density at radius 2 is 1.39 bits per heavy atom. The van der Waals surface area contributed by atoms with Crippen LogP contribution in [0.4, 0.5) is 4.79 Å². The van der Waals surface area contributed by atoms with Crippen LogP contribution in [0.25, 0.3) is 11.1 Å². The number of urea groups is 1. The van der Waals surface area contributed by atoms with Crippen LogP contribution in [-0.4, -0.2) is 58.3 Å². The van der Waals surface area contributed by atoms with E-state index in [4.69, 9.17) is 4.74 Å². The SMILES string of the molecule is CC(C)CN(C[C@H](O)C(=O)OCc1ccccc1)C(=O)N[C@H](Cc1ccc(-c2ccccc2)cc1)C(=O)O. The van der Waals surface area contributed by atoms with Crippen LogP contribution >= 0.6 is 0 Å². The van der Waals surface area contributed by atoms with Crippen molar-refractivity contribution in [3.63, 3.8) is 0 Å². The van der Waals surface area contributed by atoms with Crippen molar-refractivity contribution in [2.24, 2.45) is 5.92 Å². The van der Waals surface area contributed by atoms with Gasteiger partial charge in [-0.25, -0.2) is 14.4 Å². The lowest BCUT2D eigenvalue weighted by Crippen LogP contribution is -2.52. The molecule has 0 saturated carbocycles. The van der Waals surface area contributed by atoms with Crippen molar-refractivity contribution in [3.05, 3.63) is 96.1 Å². The predicted molar refractivity (Wildman–Crippen MR) is 144 cm³/mol. The van der Waals surface area contributed by atoms with Crippen LogP contribution in [0.2, 0.25) is 0 Å². The van der Waals surface area contributed by atoms with Gasteiger partial charge in [-0.2, -0.15) is 0 Å². The molecule has 3 aromatic rings. The molecule has 3 aromatic carbocycles. The van der Waals surface area contributed by atoms with Gasteiger partial charge in [-0.1, -0.05) is 98.8 Å². The molecule has 2 atom stereocenters. The molecular weight excluding hydrogens is 484 g/mol. The van der Waals surface area contributed by atoms with E-state index < -0.39 is 30.1 Å². The Bertz CT molecular complexity index is 1180. The summed E-state index contributed by atoms with van der Waals surface area (Å²) in [5.41, 5.74) is 3.57. The second-order valence-corrected chi connectivity index (χ2v) is 9.52. The number of rotatable bonds is 12. The molecule has 0 aliphatic carbocycles. The summed E-state index contributed by atoms with van der Waals surface area (Å²) >= 11 is 0. The van der Waals surface area contributed by atoms with Crippen LogP contribution in [0.5, 0.6) is 0 Å². The van der Waals surface area contributed by atoms with Crippen LogP contribution in [0.1, 0.15) is 25.0 Å². The zero-order chi connectivity index (χ0) is 27.5. The van der Waals surface area contributed by atoms with Crippen LogP contribution in [0.3, 0.4) is 0 Å².